The van der Waals surface area contributed by atoms with E-state index in [0.717, 1.165) is 18.6 Å². The summed E-state index contributed by atoms with van der Waals surface area (Å²) in [6.07, 6.45) is 3.51. The van der Waals surface area contributed by atoms with E-state index in [0.29, 0.717) is 23.2 Å². The Morgan fingerprint density at radius 2 is 2.00 bits per heavy atom. The molecule has 0 amide bonds. The molecule has 0 spiro atoms. The lowest BCUT2D eigenvalue weighted by atomic mass is 9.62. The molecule has 1 aromatic rings. The maximum absolute atomic E-state index is 6.35. The lowest BCUT2D eigenvalue weighted by Crippen LogP contribution is -2.42. The van der Waals surface area contributed by atoms with Crippen LogP contribution in [-0.2, 0) is 5.41 Å². The molecule has 1 heterocycles. The van der Waals surface area contributed by atoms with E-state index < -0.39 is 0 Å². The Kier molecular flexibility index (Phi) is 3.14. The third-order valence-corrected chi connectivity index (χ3v) is 4.77. The molecule has 19 heavy (non-hydrogen) atoms. The summed E-state index contributed by atoms with van der Waals surface area (Å²) >= 11 is 6.35. The third-order valence-electron chi connectivity index (χ3n) is 4.49. The molecule has 1 fully saturated rings. The van der Waals surface area contributed by atoms with Gasteiger partial charge in [-0.2, -0.15) is 0 Å². The molecular weight excluding hydrogens is 262 g/mol. The van der Waals surface area contributed by atoms with Gasteiger partial charge in [0.1, 0.15) is 0 Å². The highest BCUT2D eigenvalue weighted by Crippen LogP contribution is 2.53. The SMILES string of the molecule is CC(C)c1c(C2(CN)CCC2)cc(Cl)c2c1OCO2. The van der Waals surface area contributed by atoms with Gasteiger partial charge in [0.2, 0.25) is 6.79 Å². The predicted octanol–water partition coefficient (Wildman–Crippen LogP) is 3.57. The Morgan fingerprint density at radius 1 is 1.32 bits per heavy atom. The predicted molar refractivity (Wildman–Crippen MR) is 76.2 cm³/mol. The van der Waals surface area contributed by atoms with Gasteiger partial charge < -0.3 is 15.2 Å². The van der Waals surface area contributed by atoms with Crippen molar-refractivity contribution in [3.63, 3.8) is 0 Å². The number of hydrogen-bond acceptors (Lipinski definition) is 3. The van der Waals surface area contributed by atoms with Crippen LogP contribution in [0.1, 0.15) is 50.2 Å². The molecule has 1 aliphatic carbocycles. The quantitative estimate of drug-likeness (QED) is 0.921. The van der Waals surface area contributed by atoms with Gasteiger partial charge >= 0.3 is 0 Å². The zero-order chi connectivity index (χ0) is 13.6. The van der Waals surface area contributed by atoms with Crippen LogP contribution >= 0.6 is 11.6 Å². The minimum absolute atomic E-state index is 0.0875. The summed E-state index contributed by atoms with van der Waals surface area (Å²) in [6, 6.07) is 2.05. The number of halogens is 1. The highest BCUT2D eigenvalue weighted by atomic mass is 35.5. The second kappa shape index (κ2) is 4.57. The van der Waals surface area contributed by atoms with Crippen molar-refractivity contribution in [2.45, 2.75) is 44.4 Å². The molecule has 3 nitrogen and oxygen atoms in total. The van der Waals surface area contributed by atoms with E-state index >= 15 is 0 Å². The molecule has 2 aliphatic rings. The normalized spacial score (nSPS) is 19.6. The van der Waals surface area contributed by atoms with Crippen LogP contribution in [0, 0.1) is 0 Å². The smallest absolute Gasteiger partial charge is 0.231 e. The van der Waals surface area contributed by atoms with Crippen LogP contribution in [0.4, 0.5) is 0 Å². The van der Waals surface area contributed by atoms with Gasteiger partial charge in [0.15, 0.2) is 11.5 Å². The number of benzene rings is 1. The van der Waals surface area contributed by atoms with Crippen molar-refractivity contribution in [1.82, 2.24) is 0 Å². The van der Waals surface area contributed by atoms with E-state index in [2.05, 4.69) is 19.9 Å². The van der Waals surface area contributed by atoms with Gasteiger partial charge in [-0.15, -0.1) is 0 Å². The van der Waals surface area contributed by atoms with E-state index in [1.165, 1.54) is 17.5 Å². The zero-order valence-corrected chi connectivity index (χ0v) is 12.2. The first-order valence-corrected chi connectivity index (χ1v) is 7.29. The first-order valence-electron chi connectivity index (χ1n) is 6.91. The summed E-state index contributed by atoms with van der Waals surface area (Å²) in [4.78, 5) is 0. The largest absolute Gasteiger partial charge is 0.453 e. The molecule has 0 radical (unpaired) electrons. The first-order chi connectivity index (χ1) is 9.09. The van der Waals surface area contributed by atoms with Crippen molar-refractivity contribution in [2.75, 3.05) is 13.3 Å². The molecule has 0 atom stereocenters. The van der Waals surface area contributed by atoms with Gasteiger partial charge in [-0.25, -0.2) is 0 Å². The van der Waals surface area contributed by atoms with Crippen LogP contribution in [-0.4, -0.2) is 13.3 Å². The van der Waals surface area contributed by atoms with E-state index in [1.54, 1.807) is 0 Å². The number of rotatable bonds is 3. The molecule has 1 aliphatic heterocycles. The Morgan fingerprint density at radius 3 is 2.53 bits per heavy atom. The van der Waals surface area contributed by atoms with Crippen LogP contribution in [0.2, 0.25) is 5.02 Å². The summed E-state index contributed by atoms with van der Waals surface area (Å²) in [5.41, 5.74) is 8.63. The summed E-state index contributed by atoms with van der Waals surface area (Å²) in [6.45, 7) is 5.28. The topological polar surface area (TPSA) is 44.5 Å². The van der Waals surface area contributed by atoms with Gasteiger partial charge in [0, 0.05) is 17.5 Å². The summed E-state index contributed by atoms with van der Waals surface area (Å²) in [5, 5.41) is 0.645. The fourth-order valence-corrected chi connectivity index (χ4v) is 3.50. The Hall–Kier alpha value is -0.930. The van der Waals surface area contributed by atoms with Crippen LogP contribution in [0.25, 0.3) is 0 Å². The zero-order valence-electron chi connectivity index (χ0n) is 11.5. The Balaban J connectivity index is 2.21. The number of fused-ring (bicyclic) bond motifs is 1. The molecule has 2 N–H and O–H groups in total. The average Bonchev–Trinajstić information content (AvgIpc) is 2.77. The van der Waals surface area contributed by atoms with Gasteiger partial charge in [-0.1, -0.05) is 31.9 Å². The first kappa shape index (κ1) is 13.1. The third kappa shape index (κ3) is 1.83. The monoisotopic (exact) mass is 281 g/mol. The Bertz CT molecular complexity index is 504. The highest BCUT2D eigenvalue weighted by Gasteiger charge is 2.41. The van der Waals surface area contributed by atoms with Crippen molar-refractivity contribution in [3.05, 3.63) is 22.2 Å². The summed E-state index contributed by atoms with van der Waals surface area (Å²) in [5.74, 6) is 1.89. The average molecular weight is 282 g/mol. The van der Waals surface area contributed by atoms with E-state index in [-0.39, 0.29) is 12.2 Å². The molecular formula is C15H20ClNO2. The maximum atomic E-state index is 6.35. The van der Waals surface area contributed by atoms with E-state index in [9.17, 15) is 0 Å². The lowest BCUT2D eigenvalue weighted by Gasteiger charge is -2.43. The standard InChI is InChI=1S/C15H20ClNO2/c1-9(2)12-10(15(7-17)4-3-5-15)6-11(16)13-14(12)19-8-18-13/h6,9H,3-5,7-8,17H2,1-2H3. The molecule has 4 heteroatoms. The fourth-order valence-electron chi connectivity index (χ4n) is 3.25. The second-order valence-corrected chi connectivity index (χ2v) is 6.28. The molecule has 1 aromatic carbocycles. The molecule has 3 rings (SSSR count). The maximum Gasteiger partial charge on any atom is 0.231 e. The van der Waals surface area contributed by atoms with Crippen LogP contribution in [0.5, 0.6) is 11.5 Å². The van der Waals surface area contributed by atoms with Crippen molar-refractivity contribution in [3.8, 4) is 11.5 Å². The van der Waals surface area contributed by atoms with Crippen molar-refractivity contribution in [1.29, 1.82) is 0 Å². The number of hydrogen-bond donors (Lipinski definition) is 1. The van der Waals surface area contributed by atoms with Gasteiger partial charge in [0.05, 0.1) is 5.02 Å². The number of nitrogens with two attached hydrogens (primary N) is 1. The minimum Gasteiger partial charge on any atom is -0.453 e. The molecule has 0 aromatic heterocycles. The van der Waals surface area contributed by atoms with E-state index in [4.69, 9.17) is 26.8 Å². The highest BCUT2D eigenvalue weighted by molar-refractivity contribution is 6.32. The van der Waals surface area contributed by atoms with Gasteiger partial charge in [-0.05, 0) is 30.4 Å². The fraction of sp³-hybridized carbons (Fsp3) is 0.600. The number of ether oxygens (including phenoxy) is 2. The van der Waals surface area contributed by atoms with Gasteiger partial charge in [-0.3, -0.25) is 0 Å². The van der Waals surface area contributed by atoms with Crippen molar-refractivity contribution in [2.24, 2.45) is 5.73 Å². The molecule has 1 saturated carbocycles. The minimum atomic E-state index is 0.0875. The summed E-state index contributed by atoms with van der Waals surface area (Å²) < 4.78 is 11.2. The van der Waals surface area contributed by atoms with E-state index in [1.807, 2.05) is 0 Å². The van der Waals surface area contributed by atoms with Crippen LogP contribution < -0.4 is 15.2 Å². The molecule has 104 valence electrons. The van der Waals surface area contributed by atoms with Crippen LogP contribution in [0.3, 0.4) is 0 Å². The van der Waals surface area contributed by atoms with Crippen molar-refractivity contribution < 1.29 is 9.47 Å². The molecule has 0 saturated heterocycles. The lowest BCUT2D eigenvalue weighted by molar-refractivity contribution is 0.172. The Labute approximate surface area is 119 Å². The van der Waals surface area contributed by atoms with Gasteiger partial charge in [0.25, 0.3) is 0 Å². The summed E-state index contributed by atoms with van der Waals surface area (Å²) in [7, 11) is 0. The molecule has 0 bridgehead atoms. The second-order valence-electron chi connectivity index (χ2n) is 5.88. The molecule has 0 unspecified atom stereocenters. The van der Waals surface area contributed by atoms with Crippen LogP contribution in [0.15, 0.2) is 6.07 Å². The van der Waals surface area contributed by atoms with Crippen molar-refractivity contribution >= 4 is 11.6 Å².